The summed E-state index contributed by atoms with van der Waals surface area (Å²) in [5.41, 5.74) is 1.73. The summed E-state index contributed by atoms with van der Waals surface area (Å²) in [4.78, 5) is 41.2. The third kappa shape index (κ3) is 3.56. The number of imide groups is 1. The zero-order valence-electron chi connectivity index (χ0n) is 15.6. The Morgan fingerprint density at radius 1 is 1.10 bits per heavy atom. The van der Waals surface area contributed by atoms with E-state index in [2.05, 4.69) is 10.6 Å². The largest absolute Gasteiger partial charge is 0.366 e. The lowest BCUT2D eigenvalue weighted by molar-refractivity contribution is -0.122. The average Bonchev–Trinajstić information content (AvgIpc) is 3.04. The summed E-state index contributed by atoms with van der Waals surface area (Å²) in [6.07, 6.45) is 1.61. The molecule has 0 saturated carbocycles. The van der Waals surface area contributed by atoms with Crippen molar-refractivity contribution >= 4 is 35.1 Å². The van der Waals surface area contributed by atoms with Gasteiger partial charge in [-0.2, -0.15) is 0 Å². The lowest BCUT2D eigenvalue weighted by atomic mass is 9.99. The number of halogens is 1. The number of rotatable bonds is 4. The Morgan fingerprint density at radius 2 is 1.79 bits per heavy atom. The molecule has 4 rings (SSSR count). The number of fused-ring (bicyclic) bond motifs is 1. The summed E-state index contributed by atoms with van der Waals surface area (Å²) in [7, 11) is 1.71. The molecule has 29 heavy (non-hydrogen) atoms. The summed E-state index contributed by atoms with van der Waals surface area (Å²) in [6, 6.07) is 14.0. The monoisotopic (exact) mass is 410 g/mol. The maximum absolute atomic E-state index is 13.1. The van der Waals surface area contributed by atoms with Crippen molar-refractivity contribution in [3.63, 3.8) is 0 Å². The molecule has 1 saturated heterocycles. The first kappa shape index (κ1) is 19.0. The number of carbonyl (C=O) groups is 3. The summed E-state index contributed by atoms with van der Waals surface area (Å²) >= 11 is 5.90. The van der Waals surface area contributed by atoms with E-state index in [4.69, 9.17) is 11.6 Å². The van der Waals surface area contributed by atoms with Gasteiger partial charge < -0.3 is 15.5 Å². The van der Waals surface area contributed by atoms with Crippen molar-refractivity contribution in [2.45, 2.75) is 18.6 Å². The molecule has 148 valence electrons. The molecule has 2 atom stereocenters. The normalized spacial score (nSPS) is 20.8. The Morgan fingerprint density at radius 3 is 2.48 bits per heavy atom. The Kier molecular flexibility index (Phi) is 4.98. The lowest BCUT2D eigenvalue weighted by Crippen LogP contribution is -2.65. The Balaban J connectivity index is 1.51. The Bertz CT molecular complexity index is 991. The Labute approximate surface area is 172 Å². The van der Waals surface area contributed by atoms with Gasteiger partial charge in [-0.1, -0.05) is 41.9 Å². The molecule has 0 aliphatic carbocycles. The van der Waals surface area contributed by atoms with E-state index in [1.807, 2.05) is 30.3 Å². The molecular weight excluding hydrogens is 392 g/mol. The van der Waals surface area contributed by atoms with Crippen molar-refractivity contribution in [3.05, 3.63) is 77.0 Å². The van der Waals surface area contributed by atoms with Gasteiger partial charge in [-0.3, -0.25) is 9.59 Å². The molecule has 0 spiro atoms. The second-order valence-electron chi connectivity index (χ2n) is 6.94. The predicted molar refractivity (Wildman–Crippen MR) is 109 cm³/mol. The molecule has 4 amide bonds. The molecule has 2 unspecified atom stereocenters. The number of hydrogen-bond donors (Lipinski definition) is 2. The fourth-order valence-electron chi connectivity index (χ4n) is 3.60. The molecule has 8 heteroatoms. The van der Waals surface area contributed by atoms with E-state index in [1.165, 1.54) is 0 Å². The smallest absolute Gasteiger partial charge is 0.329 e. The molecule has 2 N–H and O–H groups in total. The van der Waals surface area contributed by atoms with Gasteiger partial charge in [0, 0.05) is 24.8 Å². The molecule has 0 radical (unpaired) electrons. The highest BCUT2D eigenvalue weighted by atomic mass is 35.5. The van der Waals surface area contributed by atoms with Crippen molar-refractivity contribution in [2.75, 3.05) is 11.9 Å². The molecule has 2 aromatic rings. The third-order valence-corrected chi connectivity index (χ3v) is 5.28. The van der Waals surface area contributed by atoms with E-state index in [0.717, 1.165) is 10.5 Å². The van der Waals surface area contributed by atoms with Crippen molar-refractivity contribution in [1.82, 2.24) is 15.5 Å². The highest BCUT2D eigenvalue weighted by Crippen LogP contribution is 2.29. The van der Waals surface area contributed by atoms with Gasteiger partial charge in [-0.05, 0) is 29.8 Å². The minimum absolute atomic E-state index is 0.318. The standard InChI is InChI=1S/C21H19ClN4O3/c1-25-12-16(19(27)23-11-13-5-3-2-4-6-13)17-18(25)20(28)26(21(29)24-17)15-9-7-14(22)8-10-15/h2-10,12,17-18H,11H2,1H3,(H,23,27)(H,24,29). The van der Waals surface area contributed by atoms with E-state index >= 15 is 0 Å². The zero-order valence-corrected chi connectivity index (χ0v) is 16.4. The van der Waals surface area contributed by atoms with Crippen molar-refractivity contribution in [3.8, 4) is 0 Å². The highest BCUT2D eigenvalue weighted by molar-refractivity contribution is 6.30. The van der Waals surface area contributed by atoms with Gasteiger partial charge in [-0.25, -0.2) is 9.69 Å². The summed E-state index contributed by atoms with van der Waals surface area (Å²) in [5.74, 6) is -0.716. The topological polar surface area (TPSA) is 81.8 Å². The first-order valence-corrected chi connectivity index (χ1v) is 9.49. The SMILES string of the molecule is CN1C=C(C(=O)NCc2ccccc2)C2NC(=O)N(c3ccc(Cl)cc3)C(=O)C21. The van der Waals surface area contributed by atoms with Gasteiger partial charge in [0.05, 0.1) is 17.3 Å². The van der Waals surface area contributed by atoms with Crippen LogP contribution in [-0.4, -0.2) is 41.9 Å². The molecule has 2 aliphatic rings. The molecule has 1 fully saturated rings. The van der Waals surface area contributed by atoms with E-state index in [1.54, 1.807) is 42.4 Å². The number of hydrogen-bond acceptors (Lipinski definition) is 4. The number of nitrogens with zero attached hydrogens (tertiary/aromatic N) is 2. The zero-order chi connectivity index (χ0) is 20.5. The summed E-state index contributed by atoms with van der Waals surface area (Å²) in [5, 5.41) is 6.15. The number of benzene rings is 2. The van der Waals surface area contributed by atoms with Crippen LogP contribution in [0.3, 0.4) is 0 Å². The Hall–Kier alpha value is -3.32. The second-order valence-corrected chi connectivity index (χ2v) is 7.38. The van der Waals surface area contributed by atoms with Gasteiger partial charge in [-0.15, -0.1) is 0 Å². The molecule has 0 aromatic heterocycles. The van der Waals surface area contributed by atoms with Gasteiger partial charge in [0.15, 0.2) is 0 Å². The number of carbonyl (C=O) groups excluding carboxylic acids is 3. The quantitative estimate of drug-likeness (QED) is 0.810. The minimum atomic E-state index is -0.709. The van der Waals surface area contributed by atoms with Crippen LogP contribution in [0.25, 0.3) is 0 Å². The van der Waals surface area contributed by atoms with Gasteiger partial charge >= 0.3 is 6.03 Å². The van der Waals surface area contributed by atoms with Gasteiger partial charge in [0.25, 0.3) is 11.8 Å². The second kappa shape index (κ2) is 7.60. The average molecular weight is 411 g/mol. The molecule has 2 heterocycles. The molecule has 7 nitrogen and oxygen atoms in total. The molecular formula is C21H19ClN4O3. The van der Waals surface area contributed by atoms with E-state index in [9.17, 15) is 14.4 Å². The fraction of sp³-hybridized carbons (Fsp3) is 0.190. The molecule has 0 bridgehead atoms. The van der Waals surface area contributed by atoms with Crippen LogP contribution in [0.2, 0.25) is 5.02 Å². The van der Waals surface area contributed by atoms with E-state index in [-0.39, 0.29) is 5.91 Å². The van der Waals surface area contributed by atoms with Crippen LogP contribution in [0, 0.1) is 0 Å². The number of nitrogens with one attached hydrogen (secondary N) is 2. The molecule has 2 aliphatic heterocycles. The first-order chi connectivity index (χ1) is 14.0. The first-order valence-electron chi connectivity index (χ1n) is 9.11. The minimum Gasteiger partial charge on any atom is -0.366 e. The highest BCUT2D eigenvalue weighted by Gasteiger charge is 2.49. The van der Waals surface area contributed by atoms with Gasteiger partial charge in [0.2, 0.25) is 0 Å². The third-order valence-electron chi connectivity index (χ3n) is 5.03. The summed E-state index contributed by atoms with van der Waals surface area (Å²) in [6.45, 7) is 0.358. The fourth-order valence-corrected chi connectivity index (χ4v) is 3.73. The van der Waals surface area contributed by atoms with Crippen LogP contribution in [0.5, 0.6) is 0 Å². The van der Waals surface area contributed by atoms with Crippen molar-refractivity contribution in [2.24, 2.45) is 0 Å². The predicted octanol–water partition coefficient (Wildman–Crippen LogP) is 2.28. The maximum Gasteiger partial charge on any atom is 0.329 e. The number of likely N-dealkylation sites (N-methyl/N-ethyl adjacent to an activating group) is 1. The van der Waals surface area contributed by atoms with Crippen LogP contribution in [0.15, 0.2) is 66.4 Å². The van der Waals surface area contributed by atoms with Gasteiger partial charge in [0.1, 0.15) is 6.04 Å². The number of amides is 4. The van der Waals surface area contributed by atoms with Crippen LogP contribution < -0.4 is 15.5 Å². The molecule has 2 aromatic carbocycles. The summed E-state index contributed by atoms with van der Waals surface area (Å²) < 4.78 is 0. The van der Waals surface area contributed by atoms with E-state index < -0.39 is 24.0 Å². The number of urea groups is 1. The lowest BCUT2D eigenvalue weighted by Gasteiger charge is -2.37. The van der Waals surface area contributed by atoms with Crippen LogP contribution in [0.4, 0.5) is 10.5 Å². The maximum atomic E-state index is 13.1. The van der Waals surface area contributed by atoms with Crippen molar-refractivity contribution < 1.29 is 14.4 Å². The van der Waals surface area contributed by atoms with Crippen LogP contribution in [-0.2, 0) is 16.1 Å². The van der Waals surface area contributed by atoms with E-state index in [0.29, 0.717) is 22.8 Å². The van der Waals surface area contributed by atoms with Crippen molar-refractivity contribution in [1.29, 1.82) is 0 Å². The van der Waals surface area contributed by atoms with Crippen LogP contribution >= 0.6 is 11.6 Å². The number of anilines is 1. The van der Waals surface area contributed by atoms with Crippen LogP contribution in [0.1, 0.15) is 5.56 Å².